The maximum atomic E-state index is 5.44. The van der Waals surface area contributed by atoms with Crippen molar-refractivity contribution in [3.05, 3.63) is 0 Å². The van der Waals surface area contributed by atoms with E-state index in [1.807, 2.05) is 0 Å². The van der Waals surface area contributed by atoms with Gasteiger partial charge in [0.05, 0.1) is 0 Å². The lowest BCUT2D eigenvalue weighted by molar-refractivity contribution is 0.157. The van der Waals surface area contributed by atoms with Crippen molar-refractivity contribution in [1.82, 2.24) is 4.90 Å². The van der Waals surface area contributed by atoms with E-state index in [9.17, 15) is 0 Å². The summed E-state index contributed by atoms with van der Waals surface area (Å²) in [6, 6.07) is 0.912. The van der Waals surface area contributed by atoms with Gasteiger partial charge in [-0.2, -0.15) is 0 Å². The summed E-state index contributed by atoms with van der Waals surface area (Å²) < 4.78 is 0. The van der Waals surface area contributed by atoms with E-state index in [0.29, 0.717) is 0 Å². The van der Waals surface area contributed by atoms with E-state index in [-0.39, 0.29) is 0 Å². The number of rotatable bonds is 7. The first-order valence-corrected chi connectivity index (χ1v) is 5.75. The lowest BCUT2D eigenvalue weighted by atomic mass is 9.92. The van der Waals surface area contributed by atoms with Gasteiger partial charge in [-0.25, -0.2) is 0 Å². The van der Waals surface area contributed by atoms with Gasteiger partial charge in [0.25, 0.3) is 0 Å². The van der Waals surface area contributed by atoms with E-state index in [2.05, 4.69) is 11.9 Å². The first-order chi connectivity index (χ1) is 6.34. The van der Waals surface area contributed by atoms with Crippen LogP contribution in [-0.2, 0) is 0 Å². The summed E-state index contributed by atoms with van der Waals surface area (Å²) in [6.45, 7) is 2.15. The number of unbranched alkanes of at least 4 members (excludes halogenated alkanes) is 3. The fourth-order valence-corrected chi connectivity index (χ4v) is 1.87. The Morgan fingerprint density at radius 1 is 1.15 bits per heavy atom. The molecule has 1 aliphatic carbocycles. The molecule has 0 radical (unpaired) electrons. The maximum absolute atomic E-state index is 5.44. The van der Waals surface area contributed by atoms with Crippen molar-refractivity contribution in [3.8, 4) is 0 Å². The topological polar surface area (TPSA) is 29.3 Å². The molecule has 2 heteroatoms. The van der Waals surface area contributed by atoms with Gasteiger partial charge >= 0.3 is 0 Å². The van der Waals surface area contributed by atoms with Crippen molar-refractivity contribution in [2.75, 3.05) is 20.1 Å². The van der Waals surface area contributed by atoms with Crippen molar-refractivity contribution in [3.63, 3.8) is 0 Å². The van der Waals surface area contributed by atoms with Crippen molar-refractivity contribution in [2.24, 2.45) is 5.73 Å². The van der Waals surface area contributed by atoms with Gasteiger partial charge in [0.2, 0.25) is 0 Å². The minimum Gasteiger partial charge on any atom is -0.330 e. The molecule has 2 N–H and O–H groups in total. The molecule has 0 aliphatic heterocycles. The Morgan fingerprint density at radius 2 is 1.85 bits per heavy atom. The van der Waals surface area contributed by atoms with Gasteiger partial charge in [0.1, 0.15) is 0 Å². The number of nitrogens with zero attached hydrogens (tertiary/aromatic N) is 1. The van der Waals surface area contributed by atoms with Gasteiger partial charge in [-0.05, 0) is 45.8 Å². The molecule has 1 fully saturated rings. The highest BCUT2D eigenvalue weighted by molar-refractivity contribution is 4.77. The summed E-state index contributed by atoms with van der Waals surface area (Å²) in [7, 11) is 2.27. The lowest BCUT2D eigenvalue weighted by Crippen LogP contribution is -2.37. The minimum atomic E-state index is 0.860. The summed E-state index contributed by atoms with van der Waals surface area (Å²) in [6.07, 6.45) is 9.53. The molecule has 0 bridgehead atoms. The molecule has 0 aromatic carbocycles. The molecule has 0 aromatic heterocycles. The van der Waals surface area contributed by atoms with Gasteiger partial charge in [-0.1, -0.05) is 19.3 Å². The third kappa shape index (κ3) is 4.10. The lowest BCUT2D eigenvalue weighted by Gasteiger charge is -2.34. The first-order valence-electron chi connectivity index (χ1n) is 5.75. The molecule has 0 aromatic rings. The maximum Gasteiger partial charge on any atom is 0.00922 e. The van der Waals surface area contributed by atoms with Gasteiger partial charge in [0, 0.05) is 6.04 Å². The Balaban J connectivity index is 1.86. The van der Waals surface area contributed by atoms with Crippen LogP contribution in [0.4, 0.5) is 0 Å². The monoisotopic (exact) mass is 184 g/mol. The molecular formula is C11H24N2. The molecule has 1 saturated carbocycles. The molecule has 78 valence electrons. The Hall–Kier alpha value is -0.0800. The van der Waals surface area contributed by atoms with Crippen LogP contribution in [0.2, 0.25) is 0 Å². The summed E-state index contributed by atoms with van der Waals surface area (Å²) in [5.74, 6) is 0. The van der Waals surface area contributed by atoms with E-state index in [1.165, 1.54) is 51.5 Å². The van der Waals surface area contributed by atoms with Crippen LogP contribution in [0, 0.1) is 0 Å². The van der Waals surface area contributed by atoms with E-state index < -0.39 is 0 Å². The molecule has 0 atom stereocenters. The number of hydrogen-bond acceptors (Lipinski definition) is 2. The average Bonchev–Trinajstić information content (AvgIpc) is 2.01. The van der Waals surface area contributed by atoms with Crippen molar-refractivity contribution in [2.45, 2.75) is 51.0 Å². The van der Waals surface area contributed by atoms with E-state index >= 15 is 0 Å². The molecule has 0 unspecified atom stereocenters. The molecule has 1 rings (SSSR count). The van der Waals surface area contributed by atoms with Crippen molar-refractivity contribution in [1.29, 1.82) is 0 Å². The molecule has 0 amide bonds. The van der Waals surface area contributed by atoms with Crippen LogP contribution >= 0.6 is 0 Å². The Labute approximate surface area is 82.5 Å². The summed E-state index contributed by atoms with van der Waals surface area (Å²) in [5.41, 5.74) is 5.44. The fourth-order valence-electron chi connectivity index (χ4n) is 1.87. The normalized spacial score (nSPS) is 17.8. The van der Waals surface area contributed by atoms with Crippen LogP contribution in [-0.4, -0.2) is 31.1 Å². The van der Waals surface area contributed by atoms with Gasteiger partial charge in [0.15, 0.2) is 0 Å². The van der Waals surface area contributed by atoms with Crippen LogP contribution in [0.25, 0.3) is 0 Å². The minimum absolute atomic E-state index is 0.860. The molecule has 13 heavy (non-hydrogen) atoms. The van der Waals surface area contributed by atoms with Gasteiger partial charge in [-0.3, -0.25) is 0 Å². The van der Waals surface area contributed by atoms with Crippen molar-refractivity contribution >= 4 is 0 Å². The van der Waals surface area contributed by atoms with Crippen LogP contribution in [0.3, 0.4) is 0 Å². The Morgan fingerprint density at radius 3 is 2.38 bits per heavy atom. The first kappa shape index (κ1) is 11.0. The van der Waals surface area contributed by atoms with Crippen LogP contribution in [0.5, 0.6) is 0 Å². The van der Waals surface area contributed by atoms with E-state index in [4.69, 9.17) is 5.73 Å². The SMILES string of the molecule is CN(CCCCCCN)C1CCC1. The highest BCUT2D eigenvalue weighted by Crippen LogP contribution is 2.23. The largest absolute Gasteiger partial charge is 0.330 e. The fraction of sp³-hybridized carbons (Fsp3) is 1.00. The van der Waals surface area contributed by atoms with Crippen molar-refractivity contribution < 1.29 is 0 Å². The number of nitrogens with two attached hydrogens (primary N) is 1. The third-order valence-electron chi connectivity index (χ3n) is 3.16. The van der Waals surface area contributed by atoms with Gasteiger partial charge in [-0.15, -0.1) is 0 Å². The third-order valence-corrected chi connectivity index (χ3v) is 3.16. The second-order valence-electron chi connectivity index (χ2n) is 4.27. The highest BCUT2D eigenvalue weighted by Gasteiger charge is 2.20. The molecule has 0 heterocycles. The smallest absolute Gasteiger partial charge is 0.00922 e. The van der Waals surface area contributed by atoms with Crippen LogP contribution in [0.1, 0.15) is 44.9 Å². The average molecular weight is 184 g/mol. The molecule has 1 aliphatic rings. The second-order valence-corrected chi connectivity index (χ2v) is 4.27. The molecular weight excluding hydrogens is 160 g/mol. The Bertz CT molecular complexity index is 121. The zero-order valence-electron chi connectivity index (χ0n) is 8.97. The number of hydrogen-bond donors (Lipinski definition) is 1. The Kier molecular flexibility index (Phi) is 5.40. The highest BCUT2D eigenvalue weighted by atomic mass is 15.1. The van der Waals surface area contributed by atoms with Gasteiger partial charge < -0.3 is 10.6 Å². The van der Waals surface area contributed by atoms with Crippen LogP contribution < -0.4 is 5.73 Å². The quantitative estimate of drug-likeness (QED) is 0.613. The van der Waals surface area contributed by atoms with Crippen LogP contribution in [0.15, 0.2) is 0 Å². The zero-order chi connectivity index (χ0) is 9.52. The van der Waals surface area contributed by atoms with E-state index in [0.717, 1.165) is 12.6 Å². The zero-order valence-corrected chi connectivity index (χ0v) is 8.97. The molecule has 2 nitrogen and oxygen atoms in total. The second kappa shape index (κ2) is 6.39. The summed E-state index contributed by atoms with van der Waals surface area (Å²) in [5, 5.41) is 0. The molecule has 0 saturated heterocycles. The predicted octanol–water partition coefficient (Wildman–Crippen LogP) is 1.99. The summed E-state index contributed by atoms with van der Waals surface area (Å²) >= 11 is 0. The van der Waals surface area contributed by atoms with E-state index in [1.54, 1.807) is 0 Å². The standard InChI is InChI=1S/C11H24N2/c1-13(11-7-6-8-11)10-5-3-2-4-9-12/h11H,2-10,12H2,1H3. The predicted molar refractivity (Wildman–Crippen MR) is 57.8 cm³/mol. The summed E-state index contributed by atoms with van der Waals surface area (Å²) in [4.78, 5) is 2.53. The molecule has 0 spiro atoms.